The van der Waals surface area contributed by atoms with Gasteiger partial charge in [-0.05, 0) is 18.3 Å². The molecule has 1 saturated heterocycles. The molecule has 130 valence electrons. The number of hydrogen-bond acceptors (Lipinski definition) is 4. The van der Waals surface area contributed by atoms with Gasteiger partial charge in [-0.1, -0.05) is 6.92 Å². The molecule has 0 aromatic carbocycles. The molecule has 4 nitrogen and oxygen atoms in total. The predicted octanol–water partition coefficient (Wildman–Crippen LogP) is 2.47. The molecule has 1 heterocycles. The smallest absolute Gasteiger partial charge is 0.434 e. The highest BCUT2D eigenvalue weighted by Crippen LogP contribution is 2.60. The molecule has 0 amide bonds. The van der Waals surface area contributed by atoms with Crippen molar-refractivity contribution in [1.82, 2.24) is 0 Å². The van der Waals surface area contributed by atoms with E-state index in [0.29, 0.717) is 6.42 Å². The molecule has 2 bridgehead atoms. The maximum absolute atomic E-state index is 12.5. The van der Waals surface area contributed by atoms with Gasteiger partial charge in [-0.2, -0.15) is 26.3 Å². The molecule has 3 rings (SSSR count). The summed E-state index contributed by atoms with van der Waals surface area (Å²) in [7, 11) is 0. The standard InChI is InChI=1S/C13H12F6O4/c1-3-4-2-5-7(9(20)22-8(3)5)6(4)10(21)23-11(12(14,15)16)13(17,18)19/h3-8,11H,2H2,1H3. The predicted molar refractivity (Wildman–Crippen MR) is 59.6 cm³/mol. The highest BCUT2D eigenvalue weighted by molar-refractivity contribution is 5.86. The highest BCUT2D eigenvalue weighted by atomic mass is 19.4. The average Bonchev–Trinajstić information content (AvgIpc) is 2.96. The Balaban J connectivity index is 1.82. The molecule has 1 aliphatic heterocycles. The van der Waals surface area contributed by atoms with Crippen LogP contribution in [0.3, 0.4) is 0 Å². The molecule has 0 radical (unpaired) electrons. The number of esters is 2. The van der Waals surface area contributed by atoms with Gasteiger partial charge in [0.05, 0.1) is 11.8 Å². The maximum Gasteiger partial charge on any atom is 0.434 e. The van der Waals surface area contributed by atoms with Crippen LogP contribution in [0.2, 0.25) is 0 Å². The van der Waals surface area contributed by atoms with E-state index in [4.69, 9.17) is 4.74 Å². The summed E-state index contributed by atoms with van der Waals surface area (Å²) in [4.78, 5) is 23.7. The van der Waals surface area contributed by atoms with Crippen molar-refractivity contribution in [2.75, 3.05) is 0 Å². The number of carbonyl (C=O) groups excluding carboxylic acids is 2. The zero-order chi connectivity index (χ0) is 17.3. The van der Waals surface area contributed by atoms with Gasteiger partial charge in [0.2, 0.25) is 0 Å². The normalized spacial score (nSPS) is 39.0. The molecule has 0 aromatic rings. The molecule has 23 heavy (non-hydrogen) atoms. The second kappa shape index (κ2) is 4.76. The van der Waals surface area contributed by atoms with Crippen molar-refractivity contribution in [1.29, 1.82) is 0 Å². The summed E-state index contributed by atoms with van der Waals surface area (Å²) in [6, 6.07) is 0. The Labute approximate surface area is 126 Å². The number of ether oxygens (including phenoxy) is 2. The number of halogens is 6. The molecule has 6 atom stereocenters. The van der Waals surface area contributed by atoms with Crippen LogP contribution in [0.25, 0.3) is 0 Å². The Hall–Kier alpha value is -1.48. The Kier molecular flexibility index (Phi) is 3.39. The Bertz CT molecular complexity index is 528. The van der Waals surface area contributed by atoms with Crippen LogP contribution in [0.1, 0.15) is 13.3 Å². The third-order valence-corrected chi connectivity index (χ3v) is 5.09. The fourth-order valence-corrected chi connectivity index (χ4v) is 4.22. The SMILES string of the molecule is CC1C2CC3C1OC(=O)C3C2C(=O)OC(C(F)(F)F)C(F)(F)F. The van der Waals surface area contributed by atoms with Gasteiger partial charge >= 0.3 is 24.3 Å². The van der Waals surface area contributed by atoms with Crippen molar-refractivity contribution < 1.29 is 45.4 Å². The molecule has 3 aliphatic rings. The second-order valence-electron chi connectivity index (χ2n) is 6.28. The van der Waals surface area contributed by atoms with E-state index < -0.39 is 54.3 Å². The van der Waals surface area contributed by atoms with Gasteiger partial charge in [0, 0.05) is 5.92 Å². The number of alkyl halides is 6. The zero-order valence-corrected chi connectivity index (χ0v) is 11.6. The maximum atomic E-state index is 12.5. The summed E-state index contributed by atoms with van der Waals surface area (Å²) in [5.74, 6) is -5.83. The quantitative estimate of drug-likeness (QED) is 0.569. The second-order valence-corrected chi connectivity index (χ2v) is 6.28. The van der Waals surface area contributed by atoms with Crippen molar-refractivity contribution in [3.8, 4) is 0 Å². The molecule has 10 heteroatoms. The molecule has 2 aliphatic carbocycles. The molecule has 3 fully saturated rings. The largest absolute Gasteiger partial charge is 0.462 e. The van der Waals surface area contributed by atoms with Crippen molar-refractivity contribution in [3.63, 3.8) is 0 Å². The molecule has 0 spiro atoms. The number of carbonyl (C=O) groups is 2. The molecule has 0 aromatic heterocycles. The lowest BCUT2D eigenvalue weighted by Crippen LogP contribution is -2.48. The van der Waals surface area contributed by atoms with Crippen LogP contribution < -0.4 is 0 Å². The van der Waals surface area contributed by atoms with E-state index in [9.17, 15) is 35.9 Å². The van der Waals surface area contributed by atoms with E-state index in [1.807, 2.05) is 0 Å². The Morgan fingerprint density at radius 3 is 2.26 bits per heavy atom. The summed E-state index contributed by atoms with van der Waals surface area (Å²) < 4.78 is 83.9. The minimum atomic E-state index is -5.77. The van der Waals surface area contributed by atoms with E-state index in [0.717, 1.165) is 0 Å². The van der Waals surface area contributed by atoms with Crippen molar-refractivity contribution in [2.24, 2.45) is 29.6 Å². The van der Waals surface area contributed by atoms with Crippen LogP contribution in [-0.4, -0.2) is 36.5 Å². The number of fused-ring (bicyclic) bond motifs is 1. The Morgan fingerprint density at radius 2 is 1.74 bits per heavy atom. The highest BCUT2D eigenvalue weighted by Gasteiger charge is 2.69. The minimum Gasteiger partial charge on any atom is -0.462 e. The molecule has 2 saturated carbocycles. The third kappa shape index (κ3) is 2.37. The van der Waals surface area contributed by atoms with Gasteiger partial charge in [-0.15, -0.1) is 0 Å². The van der Waals surface area contributed by atoms with Crippen LogP contribution in [0, 0.1) is 29.6 Å². The lowest BCUT2D eigenvalue weighted by Gasteiger charge is -2.30. The lowest BCUT2D eigenvalue weighted by molar-refractivity contribution is -0.315. The van der Waals surface area contributed by atoms with Gasteiger partial charge in [-0.3, -0.25) is 9.59 Å². The first-order chi connectivity index (χ1) is 10.4. The molecule has 6 unspecified atom stereocenters. The van der Waals surface area contributed by atoms with E-state index in [2.05, 4.69) is 4.74 Å². The summed E-state index contributed by atoms with van der Waals surface area (Å²) in [5, 5.41) is 0. The van der Waals surface area contributed by atoms with Crippen molar-refractivity contribution in [2.45, 2.75) is 37.9 Å². The van der Waals surface area contributed by atoms with Crippen LogP contribution in [0.15, 0.2) is 0 Å². The van der Waals surface area contributed by atoms with Crippen LogP contribution in [-0.2, 0) is 19.1 Å². The van der Waals surface area contributed by atoms with Crippen molar-refractivity contribution in [3.05, 3.63) is 0 Å². The minimum absolute atomic E-state index is 0.296. The molecule has 0 N–H and O–H groups in total. The van der Waals surface area contributed by atoms with Gasteiger partial charge in [0.1, 0.15) is 6.10 Å². The first-order valence-electron chi connectivity index (χ1n) is 6.97. The first kappa shape index (κ1) is 16.4. The molecular weight excluding hydrogens is 334 g/mol. The first-order valence-corrected chi connectivity index (χ1v) is 6.97. The van der Waals surface area contributed by atoms with Gasteiger partial charge < -0.3 is 9.47 Å². The van der Waals surface area contributed by atoms with E-state index in [1.54, 1.807) is 6.92 Å². The topological polar surface area (TPSA) is 52.6 Å². The summed E-state index contributed by atoms with van der Waals surface area (Å²) in [5.41, 5.74) is 0. The summed E-state index contributed by atoms with van der Waals surface area (Å²) >= 11 is 0. The number of rotatable bonds is 2. The van der Waals surface area contributed by atoms with E-state index in [-0.39, 0.29) is 11.8 Å². The third-order valence-electron chi connectivity index (χ3n) is 5.09. The zero-order valence-electron chi connectivity index (χ0n) is 11.6. The monoisotopic (exact) mass is 346 g/mol. The van der Waals surface area contributed by atoms with Crippen LogP contribution >= 0.6 is 0 Å². The van der Waals surface area contributed by atoms with E-state index in [1.165, 1.54) is 0 Å². The lowest BCUT2D eigenvalue weighted by atomic mass is 9.75. The van der Waals surface area contributed by atoms with Crippen molar-refractivity contribution >= 4 is 11.9 Å². The van der Waals surface area contributed by atoms with Gasteiger partial charge in [0.25, 0.3) is 6.10 Å². The fraction of sp³-hybridized carbons (Fsp3) is 0.846. The summed E-state index contributed by atoms with van der Waals surface area (Å²) in [6.07, 6.45) is -15.8. The number of hydrogen-bond donors (Lipinski definition) is 0. The summed E-state index contributed by atoms with van der Waals surface area (Å²) in [6.45, 7) is 1.66. The van der Waals surface area contributed by atoms with E-state index >= 15 is 0 Å². The Morgan fingerprint density at radius 1 is 1.17 bits per heavy atom. The van der Waals surface area contributed by atoms with Crippen LogP contribution in [0.4, 0.5) is 26.3 Å². The van der Waals surface area contributed by atoms with Crippen LogP contribution in [0.5, 0.6) is 0 Å². The fourth-order valence-electron chi connectivity index (χ4n) is 4.22. The van der Waals surface area contributed by atoms with Gasteiger partial charge in [-0.25, -0.2) is 0 Å². The molecular formula is C13H12F6O4. The average molecular weight is 346 g/mol. The van der Waals surface area contributed by atoms with Gasteiger partial charge in [0.15, 0.2) is 0 Å².